The van der Waals surface area contributed by atoms with E-state index in [0.29, 0.717) is 38.6 Å². The summed E-state index contributed by atoms with van der Waals surface area (Å²) in [6, 6.07) is 7.66. The molecule has 2 amide bonds. The summed E-state index contributed by atoms with van der Waals surface area (Å²) in [6.45, 7) is 5.01. The molecule has 2 aromatic rings. The molecule has 2 N–H and O–H groups in total. The number of nitrogens with one attached hydrogen (secondary N) is 1. The predicted octanol–water partition coefficient (Wildman–Crippen LogP) is 2.81. The average molecular weight is 509 g/mol. The molecule has 200 valence electrons. The molecule has 0 unspecified atom stereocenters. The van der Waals surface area contributed by atoms with Crippen molar-refractivity contribution in [2.75, 3.05) is 19.6 Å². The fraction of sp³-hybridized carbons (Fsp3) is 0.643. The highest BCUT2D eigenvalue weighted by molar-refractivity contribution is 6.00. The molecule has 0 bridgehead atoms. The maximum Gasteiger partial charge on any atom is 0.246 e. The number of nitrogens with zero attached hydrogens (tertiary/aromatic N) is 5. The van der Waals surface area contributed by atoms with Gasteiger partial charge in [-0.05, 0) is 49.8 Å². The van der Waals surface area contributed by atoms with E-state index in [0.717, 1.165) is 57.4 Å². The molecule has 3 aliphatic rings. The Bertz CT molecular complexity index is 1060. The summed E-state index contributed by atoms with van der Waals surface area (Å²) in [6.07, 6.45) is 11.1. The van der Waals surface area contributed by atoms with Gasteiger partial charge in [0.05, 0.1) is 11.3 Å². The van der Waals surface area contributed by atoms with Crippen molar-refractivity contribution >= 4 is 11.8 Å². The van der Waals surface area contributed by atoms with Crippen molar-refractivity contribution in [3.05, 3.63) is 42.5 Å². The molecule has 2 aliphatic heterocycles. The molecular weight excluding hydrogens is 468 g/mol. The first kappa shape index (κ1) is 25.9. The molecule has 9 nitrogen and oxygen atoms in total. The lowest BCUT2D eigenvalue weighted by molar-refractivity contribution is -0.163. The quantitative estimate of drug-likeness (QED) is 0.568. The zero-order chi connectivity index (χ0) is 25.9. The lowest BCUT2D eigenvalue weighted by Gasteiger charge is -2.52. The molecule has 1 aromatic heterocycles. The summed E-state index contributed by atoms with van der Waals surface area (Å²) < 4.78 is 1.73. The number of benzene rings is 1. The third-order valence-corrected chi connectivity index (χ3v) is 8.62. The number of likely N-dealkylation sites (tertiary alicyclic amines) is 1. The number of aliphatic hydroxyl groups is 1. The second-order valence-corrected chi connectivity index (χ2v) is 11.2. The number of rotatable bonds is 8. The smallest absolute Gasteiger partial charge is 0.246 e. The van der Waals surface area contributed by atoms with Crippen LogP contribution in [0.2, 0.25) is 0 Å². The van der Waals surface area contributed by atoms with Gasteiger partial charge < -0.3 is 15.3 Å². The molecule has 5 rings (SSSR count). The van der Waals surface area contributed by atoms with Crippen molar-refractivity contribution in [1.29, 1.82) is 0 Å². The first-order chi connectivity index (χ1) is 17.9. The number of piperidine rings is 1. The van der Waals surface area contributed by atoms with Gasteiger partial charge >= 0.3 is 0 Å². The average Bonchev–Trinajstić information content (AvgIpc) is 3.44. The Morgan fingerprint density at radius 2 is 1.78 bits per heavy atom. The molecule has 9 heteroatoms. The fourth-order valence-corrected chi connectivity index (χ4v) is 6.38. The lowest BCUT2D eigenvalue weighted by atomic mass is 9.77. The van der Waals surface area contributed by atoms with Gasteiger partial charge in [0.25, 0.3) is 0 Å². The highest BCUT2D eigenvalue weighted by Gasteiger charge is 2.54. The van der Waals surface area contributed by atoms with E-state index in [2.05, 4.69) is 39.4 Å². The van der Waals surface area contributed by atoms with E-state index < -0.39 is 17.2 Å². The first-order valence-electron chi connectivity index (χ1n) is 13.9. The number of hydrogen-bond donors (Lipinski definition) is 2. The minimum Gasteiger partial charge on any atom is -0.390 e. The molecule has 1 aliphatic carbocycles. The summed E-state index contributed by atoms with van der Waals surface area (Å²) >= 11 is 0. The summed E-state index contributed by atoms with van der Waals surface area (Å²) in [5.74, 6) is -0.0475. The highest BCUT2D eigenvalue weighted by Crippen LogP contribution is 2.37. The summed E-state index contributed by atoms with van der Waals surface area (Å²) in [5, 5.41) is 18.3. The third kappa shape index (κ3) is 5.43. The molecule has 37 heavy (non-hydrogen) atoms. The van der Waals surface area contributed by atoms with Gasteiger partial charge in [-0.2, -0.15) is 5.10 Å². The maximum absolute atomic E-state index is 13.7. The topological polar surface area (TPSA) is 104 Å². The van der Waals surface area contributed by atoms with Gasteiger partial charge in [0, 0.05) is 32.6 Å². The Morgan fingerprint density at radius 1 is 1.05 bits per heavy atom. The molecule has 1 atom stereocenters. The summed E-state index contributed by atoms with van der Waals surface area (Å²) in [4.78, 5) is 35.6. The number of amides is 2. The van der Waals surface area contributed by atoms with Crippen molar-refractivity contribution in [2.24, 2.45) is 0 Å². The Kier molecular flexibility index (Phi) is 7.62. The van der Waals surface area contributed by atoms with Gasteiger partial charge in [-0.25, -0.2) is 9.67 Å². The molecule has 3 heterocycles. The van der Waals surface area contributed by atoms with Crippen molar-refractivity contribution < 1.29 is 14.7 Å². The highest BCUT2D eigenvalue weighted by atomic mass is 16.3. The van der Waals surface area contributed by atoms with E-state index in [9.17, 15) is 14.7 Å². The van der Waals surface area contributed by atoms with E-state index in [1.54, 1.807) is 11.0 Å². The van der Waals surface area contributed by atoms with Gasteiger partial charge in [-0.15, -0.1) is 0 Å². The molecule has 3 fully saturated rings. The van der Waals surface area contributed by atoms with Crippen LogP contribution in [0.4, 0.5) is 0 Å². The van der Waals surface area contributed by atoms with Crippen LogP contribution in [0.3, 0.4) is 0 Å². The molecular formula is C28H40N6O3. The minimum atomic E-state index is -0.848. The number of aromatic nitrogens is 3. The van der Waals surface area contributed by atoms with Gasteiger partial charge in [-0.3, -0.25) is 14.5 Å². The first-order valence-corrected chi connectivity index (χ1v) is 13.9. The van der Waals surface area contributed by atoms with Gasteiger partial charge in [-0.1, -0.05) is 44.7 Å². The second kappa shape index (κ2) is 10.9. The summed E-state index contributed by atoms with van der Waals surface area (Å²) in [5.41, 5.74) is 0.535. The Labute approximate surface area is 219 Å². The Hall–Kier alpha value is -2.78. The Morgan fingerprint density at radius 3 is 2.43 bits per heavy atom. The number of piperazine rings is 1. The van der Waals surface area contributed by atoms with Crippen LogP contribution >= 0.6 is 0 Å². The normalized spacial score (nSPS) is 23.8. The molecule has 2 saturated heterocycles. The van der Waals surface area contributed by atoms with E-state index >= 15 is 0 Å². The SMILES string of the molecule is CCCCN1C(=O)[C@@H](CC2(O)CCCCC2)NC(=O)C12CCN(Cc1ccc(-n3cncn3)cc1)CC2. The van der Waals surface area contributed by atoms with Crippen molar-refractivity contribution in [3.63, 3.8) is 0 Å². The number of hydrogen-bond acceptors (Lipinski definition) is 6. The third-order valence-electron chi connectivity index (χ3n) is 8.62. The van der Waals surface area contributed by atoms with Crippen molar-refractivity contribution in [2.45, 2.75) is 94.9 Å². The molecule has 1 spiro atoms. The number of unbranched alkanes of at least 4 members (excludes halogenated alkanes) is 1. The fourth-order valence-electron chi connectivity index (χ4n) is 6.38. The van der Waals surface area contributed by atoms with Crippen LogP contribution in [0.15, 0.2) is 36.9 Å². The van der Waals surface area contributed by atoms with Gasteiger partial charge in [0.1, 0.15) is 24.2 Å². The Balaban J connectivity index is 1.25. The van der Waals surface area contributed by atoms with Crippen LogP contribution in [0.1, 0.15) is 76.7 Å². The second-order valence-electron chi connectivity index (χ2n) is 11.2. The van der Waals surface area contributed by atoms with E-state index in [1.807, 2.05) is 17.0 Å². The van der Waals surface area contributed by atoms with Crippen LogP contribution in [0, 0.1) is 0 Å². The van der Waals surface area contributed by atoms with Gasteiger partial charge in [0.2, 0.25) is 11.8 Å². The van der Waals surface area contributed by atoms with E-state index in [-0.39, 0.29) is 11.8 Å². The standard InChI is InChI=1S/C28H40N6O3/c1-2-3-15-33-25(35)24(18-27(37)11-5-4-6-12-27)31-26(36)28(33)13-16-32(17-14-28)19-22-7-9-23(10-8-22)34-21-29-20-30-34/h7-10,20-21,24,37H,2-6,11-19H2,1H3,(H,31,36)/t24-/m1/s1. The number of carbonyl (C=O) groups excluding carboxylic acids is 2. The minimum absolute atomic E-state index is 0.0100. The zero-order valence-electron chi connectivity index (χ0n) is 21.9. The van der Waals surface area contributed by atoms with Crippen molar-refractivity contribution in [3.8, 4) is 5.69 Å². The monoisotopic (exact) mass is 508 g/mol. The van der Waals surface area contributed by atoms with Crippen LogP contribution in [-0.4, -0.2) is 78.3 Å². The predicted molar refractivity (Wildman–Crippen MR) is 140 cm³/mol. The summed E-state index contributed by atoms with van der Waals surface area (Å²) in [7, 11) is 0. The van der Waals surface area contributed by atoms with E-state index in [1.165, 1.54) is 11.9 Å². The van der Waals surface area contributed by atoms with Crippen LogP contribution in [-0.2, 0) is 16.1 Å². The zero-order valence-corrected chi connectivity index (χ0v) is 21.9. The molecule has 1 saturated carbocycles. The van der Waals surface area contributed by atoms with Crippen LogP contribution in [0.25, 0.3) is 5.69 Å². The van der Waals surface area contributed by atoms with Crippen LogP contribution in [0.5, 0.6) is 0 Å². The maximum atomic E-state index is 13.7. The van der Waals surface area contributed by atoms with Crippen molar-refractivity contribution in [1.82, 2.24) is 29.9 Å². The van der Waals surface area contributed by atoms with E-state index in [4.69, 9.17) is 0 Å². The largest absolute Gasteiger partial charge is 0.390 e. The van der Waals surface area contributed by atoms with Gasteiger partial charge in [0.15, 0.2) is 0 Å². The number of carbonyl (C=O) groups is 2. The van der Waals surface area contributed by atoms with Crippen LogP contribution < -0.4 is 5.32 Å². The lowest BCUT2D eigenvalue weighted by Crippen LogP contribution is -2.73. The molecule has 0 radical (unpaired) electrons. The molecule has 1 aromatic carbocycles.